The number of unbranched alkanes of at least 4 members (excludes halogenated alkanes) is 1. The maximum atomic E-state index is 11.5. The van der Waals surface area contributed by atoms with Crippen LogP contribution in [-0.2, 0) is 163 Å². The number of hydrogen-bond acceptors (Lipinski definition) is 34. The van der Waals surface area contributed by atoms with Crippen LogP contribution in [0.15, 0.2) is 0 Å². The van der Waals surface area contributed by atoms with Crippen LogP contribution in [0.2, 0.25) is 0 Å². The van der Waals surface area contributed by atoms with Crippen LogP contribution in [0.25, 0.3) is 0 Å². The van der Waals surface area contributed by atoms with Crippen molar-refractivity contribution < 1.29 is 163 Å². The van der Waals surface area contributed by atoms with Gasteiger partial charge in [-0.1, -0.05) is 20.8 Å². The Hall–Kier alpha value is -11.2. The van der Waals surface area contributed by atoms with E-state index in [0.29, 0.717) is 96.3 Å². The molecule has 0 aromatic carbocycles. The van der Waals surface area contributed by atoms with Gasteiger partial charge in [0.05, 0.1) is 19.3 Å². The van der Waals surface area contributed by atoms with Gasteiger partial charge in [-0.3, -0.25) is 120 Å². The van der Waals surface area contributed by atoms with Gasteiger partial charge in [-0.15, -0.1) is 0 Å². The highest BCUT2D eigenvalue weighted by Gasteiger charge is 2.19. The maximum absolute atomic E-state index is 11.5. The van der Waals surface area contributed by atoms with Gasteiger partial charge >= 0.3 is 0 Å². The zero-order valence-corrected chi connectivity index (χ0v) is 86.5. The smallest absolute Gasteiger partial charge is 0.198 e. The Kier molecular flexibility index (Phi) is 98.1. The van der Waals surface area contributed by atoms with Crippen molar-refractivity contribution in [1.29, 1.82) is 0 Å². The molecule has 140 heavy (non-hydrogen) atoms. The van der Waals surface area contributed by atoms with Crippen molar-refractivity contribution in [3.8, 4) is 0 Å². The van der Waals surface area contributed by atoms with Crippen LogP contribution in [0, 0.1) is 0 Å². The topological polar surface area (TPSA) is 580 Å². The monoisotopic (exact) mass is 1980 g/mol. The largest absolute Gasteiger partial charge is 0.300 e. The van der Waals surface area contributed by atoms with Crippen molar-refractivity contribution in [2.45, 2.75) is 470 Å². The number of Topliss-reactive ketones (excluding diaryl/α,β-unsaturated/α-hetero) is 34. The molecule has 0 heterocycles. The molecule has 788 valence electrons. The second-order valence-corrected chi connectivity index (χ2v) is 34.9. The van der Waals surface area contributed by atoms with Crippen LogP contribution in [0.4, 0.5) is 0 Å². The molecule has 0 spiro atoms. The Balaban J connectivity index is -0.000000237. The molecule has 0 aromatic rings. The molecule has 0 N–H and O–H groups in total. The third-order valence-corrected chi connectivity index (χ3v) is 19.8. The van der Waals surface area contributed by atoms with E-state index in [-0.39, 0.29) is 435 Å². The van der Waals surface area contributed by atoms with Crippen molar-refractivity contribution in [2.24, 2.45) is 0 Å². The highest BCUT2D eigenvalue weighted by molar-refractivity contribution is 6.36. The van der Waals surface area contributed by atoms with E-state index >= 15 is 0 Å². The van der Waals surface area contributed by atoms with Crippen LogP contribution in [-0.4, -0.2) is 197 Å². The normalized spacial score (nSPS) is 10.0. The summed E-state index contributed by atoms with van der Waals surface area (Å²) in [6.45, 7) is 23.8. The first kappa shape index (κ1) is 144. The molecule has 0 aromatic heterocycles. The molecule has 0 fully saturated rings. The zero-order valence-electron chi connectivity index (χ0n) is 86.5. The van der Waals surface area contributed by atoms with Crippen LogP contribution in [0.1, 0.15) is 470 Å². The second-order valence-electron chi connectivity index (χ2n) is 34.9. The van der Waals surface area contributed by atoms with Gasteiger partial charge < -0.3 is 43.2 Å². The molecule has 0 radical (unpaired) electrons. The summed E-state index contributed by atoms with van der Waals surface area (Å²) in [5.74, 6) is -2.60. The Morgan fingerprint density at radius 2 is 0.243 bits per heavy atom. The standard InChI is InChI=1S/C15H22O5.C13H18O5.6C13H20O4/c1-11(16)3-5-13(18)7-9-15(20)10-8-14(19)6-4-12(2)17;1-9(14)3-4-11(16)5-6-12(17)7-8-13(18)10(2)15;1-10(14)6-8-12(16)4-3-5-13(17)9-7-11(2)15;1-10(14)4-3-5-12(16)8-9-13(17)7-6-11(2)15;1-10(14)5-3-4-6-12(16)7-8-13(17)9-11(2)15;1-3-11(15)6-7-13(17)9-8-12(16)5-4-10(2)14;1-3-11(15)5-4-6-12(16)7-8-13(17)9-10(2)14;1-3-4-11(15)5-6-12(16)7-8-13(17)9-10(2)14/h3-10H2,1-2H3;3-8H2,1-2H3;6*3-9H2,1-2H3. The molecule has 0 saturated carbocycles. The SMILES string of the molecule is CC(=O)CCC(=O)CCC(=O)CCC(=O)C(C)=O.CC(=O)CCC(=O)CCC(=O)CCC(=O)CCC(C)=O.CC(=O)CCC(=O)CCCC(=O)CCC(C)=O.CC(=O)CCCC(=O)CCC(=O)CCC(C)=O.CC(=O)CCCCC(=O)CCC(=O)CC(C)=O.CCC(=O)CCC(=O)CCC(=O)CCC(C)=O.CCC(=O)CCCC(=O)CCC(=O)CC(C)=O.CCCC(=O)CCC(=O)CCC(=O)CC(C)=O. The van der Waals surface area contributed by atoms with Crippen molar-refractivity contribution in [3.63, 3.8) is 0 Å². The fourth-order valence-electron chi connectivity index (χ4n) is 11.2. The first-order valence-electron chi connectivity index (χ1n) is 48.5. The van der Waals surface area contributed by atoms with Crippen LogP contribution >= 0.6 is 0 Å². The second kappa shape index (κ2) is 95.3. The number of carbonyl (C=O) groups is 34. The fraction of sp³-hybridized carbons (Fsp3) is 0.679. The van der Waals surface area contributed by atoms with E-state index in [0.717, 1.165) is 19.8 Å². The number of rotatable bonds is 82. The molecule has 0 saturated heterocycles. The van der Waals surface area contributed by atoms with Gasteiger partial charge in [-0.25, -0.2) is 0 Å². The van der Waals surface area contributed by atoms with Gasteiger partial charge in [0.25, 0.3) is 0 Å². The highest BCUT2D eigenvalue weighted by atomic mass is 16.2. The molecule has 34 heteroatoms. The van der Waals surface area contributed by atoms with E-state index in [1.807, 2.05) is 6.92 Å². The quantitative estimate of drug-likeness (QED) is 0.0310. The summed E-state index contributed by atoms with van der Waals surface area (Å²) in [7, 11) is 0. The molecule has 0 rings (SSSR count). The average molecular weight is 1980 g/mol. The molecular formula is C106H160O34. The van der Waals surface area contributed by atoms with Crippen molar-refractivity contribution >= 4 is 197 Å². The van der Waals surface area contributed by atoms with Gasteiger partial charge in [-0.05, 0) is 122 Å². The van der Waals surface area contributed by atoms with Crippen LogP contribution in [0.5, 0.6) is 0 Å². The molecule has 0 aliphatic heterocycles. The van der Waals surface area contributed by atoms with Crippen molar-refractivity contribution in [2.75, 3.05) is 0 Å². The predicted octanol–water partition coefficient (Wildman–Crippen LogP) is 15.4. The van der Waals surface area contributed by atoms with E-state index in [4.69, 9.17) is 0 Å². The van der Waals surface area contributed by atoms with Gasteiger partial charge in [-0.2, -0.15) is 0 Å². The van der Waals surface area contributed by atoms with Crippen molar-refractivity contribution in [3.05, 3.63) is 0 Å². The lowest BCUT2D eigenvalue weighted by Gasteiger charge is -2.01. The summed E-state index contributed by atoms with van der Waals surface area (Å²) in [6, 6.07) is 0. The van der Waals surface area contributed by atoms with E-state index in [1.54, 1.807) is 13.8 Å². The number of ketones is 34. The first-order valence-corrected chi connectivity index (χ1v) is 48.5. The van der Waals surface area contributed by atoms with Crippen molar-refractivity contribution in [1.82, 2.24) is 0 Å². The van der Waals surface area contributed by atoms with E-state index in [1.165, 1.54) is 83.1 Å². The molecule has 0 atom stereocenters. The van der Waals surface area contributed by atoms with Crippen LogP contribution in [0.3, 0.4) is 0 Å². The average Bonchev–Trinajstić information content (AvgIpc) is 0.956. The molecule has 0 amide bonds. The molecule has 34 nitrogen and oxygen atoms in total. The van der Waals surface area contributed by atoms with E-state index in [2.05, 4.69) is 0 Å². The summed E-state index contributed by atoms with van der Waals surface area (Å²) < 4.78 is 0. The van der Waals surface area contributed by atoms with E-state index in [9.17, 15) is 163 Å². The predicted molar refractivity (Wildman–Crippen MR) is 520 cm³/mol. The molecule has 0 aliphatic rings. The minimum atomic E-state index is -0.564. The highest BCUT2D eigenvalue weighted by Crippen LogP contribution is 2.14. The summed E-state index contributed by atoms with van der Waals surface area (Å²) in [5.41, 5.74) is 0. The van der Waals surface area contributed by atoms with Gasteiger partial charge in [0.15, 0.2) is 11.6 Å². The van der Waals surface area contributed by atoms with Gasteiger partial charge in [0.2, 0.25) is 0 Å². The molecule has 0 bridgehead atoms. The van der Waals surface area contributed by atoms with Gasteiger partial charge in [0, 0.05) is 309 Å². The lowest BCUT2D eigenvalue weighted by molar-refractivity contribution is -0.136. The Morgan fingerprint density at radius 1 is 0.114 bits per heavy atom. The minimum Gasteiger partial charge on any atom is -0.300 e. The number of hydrogen-bond donors (Lipinski definition) is 0. The minimum absolute atomic E-state index is 0.00159. The summed E-state index contributed by atoms with van der Waals surface area (Å²) in [4.78, 5) is 375. The van der Waals surface area contributed by atoms with E-state index < -0.39 is 11.6 Å². The maximum Gasteiger partial charge on any atom is 0.198 e. The Labute approximate surface area is 826 Å². The van der Waals surface area contributed by atoms with Gasteiger partial charge in [0.1, 0.15) is 185 Å². The number of carbonyl (C=O) groups excluding carboxylic acids is 34. The Bertz CT molecular complexity index is 4080. The molecule has 0 unspecified atom stereocenters. The summed E-state index contributed by atoms with van der Waals surface area (Å²) in [6.07, 6.45) is 14.9. The Morgan fingerprint density at radius 3 is 0.421 bits per heavy atom. The summed E-state index contributed by atoms with van der Waals surface area (Å²) in [5, 5.41) is 0. The lowest BCUT2D eigenvalue weighted by atomic mass is 10.0. The third kappa shape index (κ3) is 125. The molecule has 0 aliphatic carbocycles. The zero-order chi connectivity index (χ0) is 109. The van der Waals surface area contributed by atoms with Crippen LogP contribution < -0.4 is 0 Å². The first-order chi connectivity index (χ1) is 65.2. The molecular weight excluding hydrogens is 1820 g/mol. The third-order valence-electron chi connectivity index (χ3n) is 19.8. The fourth-order valence-corrected chi connectivity index (χ4v) is 11.2. The lowest BCUT2D eigenvalue weighted by Crippen LogP contribution is -2.12. The summed E-state index contributed by atoms with van der Waals surface area (Å²) >= 11 is 0.